The molecule has 1 heteroatoms. The first-order valence-corrected chi connectivity index (χ1v) is 6.96. The van der Waals surface area contributed by atoms with Crippen LogP contribution in [0.2, 0.25) is 0 Å². The Bertz CT molecular complexity index is 425. The average Bonchev–Trinajstić information content (AvgIpc) is 2.96. The third-order valence-corrected chi connectivity index (χ3v) is 4.41. The molecule has 0 bridgehead atoms. The van der Waals surface area contributed by atoms with Crippen LogP contribution in [0.1, 0.15) is 53.0 Å². The number of rotatable bonds is 3. The molecule has 1 aromatic rings. The standard InChI is InChI=1S/C17H25F/c1-16(2,3)15-9-12(15)11-17(4,5)13-7-6-8-14(18)10-13/h6-8,10,12,15H,9,11H2,1-5H3. The van der Waals surface area contributed by atoms with Crippen molar-refractivity contribution in [2.45, 2.75) is 52.9 Å². The van der Waals surface area contributed by atoms with Gasteiger partial charge in [-0.25, -0.2) is 4.39 Å². The minimum Gasteiger partial charge on any atom is -0.207 e. The average molecular weight is 248 g/mol. The van der Waals surface area contributed by atoms with E-state index < -0.39 is 0 Å². The van der Waals surface area contributed by atoms with Crippen molar-refractivity contribution in [3.05, 3.63) is 35.6 Å². The Morgan fingerprint density at radius 3 is 2.33 bits per heavy atom. The topological polar surface area (TPSA) is 0 Å². The highest BCUT2D eigenvalue weighted by Gasteiger charge is 2.47. The Morgan fingerprint density at radius 2 is 1.83 bits per heavy atom. The number of halogens is 1. The van der Waals surface area contributed by atoms with Crippen molar-refractivity contribution < 1.29 is 4.39 Å². The maximum atomic E-state index is 13.3. The van der Waals surface area contributed by atoms with Gasteiger partial charge in [-0.3, -0.25) is 0 Å². The SMILES string of the molecule is CC(C)(CC1CC1C(C)(C)C)c1cccc(F)c1. The first-order chi connectivity index (χ1) is 8.20. The Balaban J connectivity index is 2.05. The number of hydrogen-bond donors (Lipinski definition) is 0. The monoisotopic (exact) mass is 248 g/mol. The second-order valence-corrected chi connectivity index (χ2v) is 7.57. The minimum atomic E-state index is -0.122. The van der Waals surface area contributed by atoms with Gasteiger partial charge in [-0.15, -0.1) is 0 Å². The molecule has 1 aliphatic carbocycles. The molecule has 18 heavy (non-hydrogen) atoms. The van der Waals surface area contributed by atoms with Gasteiger partial charge in [0.1, 0.15) is 5.82 Å². The van der Waals surface area contributed by atoms with E-state index >= 15 is 0 Å². The molecule has 2 rings (SSSR count). The van der Waals surface area contributed by atoms with Crippen LogP contribution in [-0.2, 0) is 5.41 Å². The molecule has 1 aliphatic rings. The Labute approximate surface area is 111 Å². The fourth-order valence-electron chi connectivity index (χ4n) is 3.22. The van der Waals surface area contributed by atoms with Crippen molar-refractivity contribution in [2.24, 2.45) is 17.3 Å². The Morgan fingerprint density at radius 1 is 1.17 bits per heavy atom. The molecule has 0 heterocycles. The summed E-state index contributed by atoms with van der Waals surface area (Å²) in [7, 11) is 0. The molecule has 2 unspecified atom stereocenters. The predicted molar refractivity (Wildman–Crippen MR) is 75.1 cm³/mol. The van der Waals surface area contributed by atoms with Crippen molar-refractivity contribution in [2.75, 3.05) is 0 Å². The summed E-state index contributed by atoms with van der Waals surface area (Å²) >= 11 is 0. The molecule has 1 aromatic carbocycles. The first-order valence-electron chi connectivity index (χ1n) is 6.96. The normalized spacial score (nSPS) is 24.1. The molecule has 0 nitrogen and oxygen atoms in total. The highest BCUT2D eigenvalue weighted by Crippen LogP contribution is 2.55. The van der Waals surface area contributed by atoms with Crippen molar-refractivity contribution in [1.82, 2.24) is 0 Å². The second kappa shape index (κ2) is 4.36. The van der Waals surface area contributed by atoms with E-state index in [-0.39, 0.29) is 11.2 Å². The van der Waals surface area contributed by atoms with Crippen LogP contribution in [-0.4, -0.2) is 0 Å². The smallest absolute Gasteiger partial charge is 0.123 e. The van der Waals surface area contributed by atoms with Gasteiger partial charge in [0.05, 0.1) is 0 Å². The fraction of sp³-hybridized carbons (Fsp3) is 0.647. The molecular weight excluding hydrogens is 223 g/mol. The molecular formula is C17H25F. The molecule has 1 saturated carbocycles. The van der Waals surface area contributed by atoms with Crippen LogP contribution in [0.5, 0.6) is 0 Å². The zero-order valence-electron chi connectivity index (χ0n) is 12.3. The molecule has 0 saturated heterocycles. The molecule has 0 aromatic heterocycles. The molecule has 0 amide bonds. The lowest BCUT2D eigenvalue weighted by atomic mass is 9.78. The van der Waals surface area contributed by atoms with Crippen LogP contribution in [0.15, 0.2) is 24.3 Å². The maximum absolute atomic E-state index is 13.3. The van der Waals surface area contributed by atoms with Crippen LogP contribution in [0.4, 0.5) is 4.39 Å². The van der Waals surface area contributed by atoms with E-state index in [0.717, 1.165) is 17.4 Å². The van der Waals surface area contributed by atoms with Gasteiger partial charge in [0.15, 0.2) is 0 Å². The van der Waals surface area contributed by atoms with E-state index in [0.29, 0.717) is 5.41 Å². The predicted octanol–water partition coefficient (Wildman–Crippen LogP) is 5.18. The van der Waals surface area contributed by atoms with E-state index in [2.05, 4.69) is 40.7 Å². The van der Waals surface area contributed by atoms with Crippen LogP contribution < -0.4 is 0 Å². The summed E-state index contributed by atoms with van der Waals surface area (Å²) in [5.41, 5.74) is 1.62. The molecule has 0 spiro atoms. The lowest BCUT2D eigenvalue weighted by Crippen LogP contribution is -2.20. The van der Waals surface area contributed by atoms with E-state index in [1.54, 1.807) is 6.07 Å². The van der Waals surface area contributed by atoms with E-state index in [4.69, 9.17) is 0 Å². The van der Waals surface area contributed by atoms with E-state index in [9.17, 15) is 4.39 Å². The lowest BCUT2D eigenvalue weighted by molar-refractivity contribution is 0.308. The molecule has 0 radical (unpaired) electrons. The van der Waals surface area contributed by atoms with E-state index in [1.165, 1.54) is 18.9 Å². The zero-order chi connectivity index (χ0) is 13.6. The van der Waals surface area contributed by atoms with Crippen LogP contribution in [0, 0.1) is 23.1 Å². The van der Waals surface area contributed by atoms with E-state index in [1.807, 2.05) is 6.07 Å². The van der Waals surface area contributed by atoms with Crippen molar-refractivity contribution in [3.8, 4) is 0 Å². The summed E-state index contributed by atoms with van der Waals surface area (Å²) in [6.45, 7) is 11.5. The lowest BCUT2D eigenvalue weighted by Gasteiger charge is -2.27. The highest BCUT2D eigenvalue weighted by molar-refractivity contribution is 5.25. The van der Waals surface area contributed by atoms with Crippen LogP contribution in [0.25, 0.3) is 0 Å². The fourth-order valence-corrected chi connectivity index (χ4v) is 3.22. The quantitative estimate of drug-likeness (QED) is 0.691. The van der Waals surface area contributed by atoms with Gasteiger partial charge in [0.25, 0.3) is 0 Å². The van der Waals surface area contributed by atoms with Crippen molar-refractivity contribution in [1.29, 1.82) is 0 Å². The molecule has 1 fully saturated rings. The number of benzene rings is 1. The van der Waals surface area contributed by atoms with Crippen LogP contribution >= 0.6 is 0 Å². The summed E-state index contributed by atoms with van der Waals surface area (Å²) in [5.74, 6) is 1.53. The summed E-state index contributed by atoms with van der Waals surface area (Å²) in [6.07, 6.45) is 2.50. The van der Waals surface area contributed by atoms with Crippen LogP contribution in [0.3, 0.4) is 0 Å². The third-order valence-electron chi connectivity index (χ3n) is 4.41. The van der Waals surface area contributed by atoms with Gasteiger partial charge >= 0.3 is 0 Å². The summed E-state index contributed by atoms with van der Waals surface area (Å²) < 4.78 is 13.3. The third kappa shape index (κ3) is 2.93. The highest BCUT2D eigenvalue weighted by atomic mass is 19.1. The summed E-state index contributed by atoms with van der Waals surface area (Å²) in [5, 5.41) is 0. The Kier molecular flexibility index (Phi) is 3.29. The molecule has 0 aliphatic heterocycles. The minimum absolute atomic E-state index is 0.0762. The second-order valence-electron chi connectivity index (χ2n) is 7.57. The number of hydrogen-bond acceptors (Lipinski definition) is 0. The van der Waals surface area contributed by atoms with Crippen molar-refractivity contribution >= 4 is 0 Å². The summed E-state index contributed by atoms with van der Waals surface area (Å²) in [4.78, 5) is 0. The molecule has 0 N–H and O–H groups in total. The van der Waals surface area contributed by atoms with Gasteiger partial charge in [-0.2, -0.15) is 0 Å². The maximum Gasteiger partial charge on any atom is 0.123 e. The van der Waals surface area contributed by atoms with Gasteiger partial charge in [0.2, 0.25) is 0 Å². The van der Waals surface area contributed by atoms with Crippen molar-refractivity contribution in [3.63, 3.8) is 0 Å². The molecule has 100 valence electrons. The van der Waals surface area contributed by atoms with Gasteiger partial charge in [-0.05, 0) is 53.2 Å². The van der Waals surface area contributed by atoms with Gasteiger partial charge in [0, 0.05) is 0 Å². The first kappa shape index (κ1) is 13.6. The Hall–Kier alpha value is -0.850. The zero-order valence-corrected chi connectivity index (χ0v) is 12.3. The van der Waals surface area contributed by atoms with Gasteiger partial charge < -0.3 is 0 Å². The molecule has 2 atom stereocenters. The summed E-state index contributed by atoms with van der Waals surface area (Å²) in [6, 6.07) is 7.08. The largest absolute Gasteiger partial charge is 0.207 e. The van der Waals surface area contributed by atoms with Gasteiger partial charge in [-0.1, -0.05) is 46.8 Å².